The zero-order valence-corrected chi connectivity index (χ0v) is 8.51. The molecule has 1 aliphatic rings. The van der Waals surface area contributed by atoms with Crippen LogP contribution in [0, 0.1) is 0 Å². The molecule has 1 fully saturated rings. The fourth-order valence-corrected chi connectivity index (χ4v) is 1.54. The van der Waals surface area contributed by atoms with E-state index in [1.807, 2.05) is 13.8 Å². The zero-order chi connectivity index (χ0) is 9.84. The van der Waals surface area contributed by atoms with E-state index >= 15 is 0 Å². The molecule has 1 rings (SSSR count). The van der Waals surface area contributed by atoms with Crippen LogP contribution in [0.1, 0.15) is 39.5 Å². The summed E-state index contributed by atoms with van der Waals surface area (Å²) in [5, 5.41) is 0. The lowest BCUT2D eigenvalue weighted by Crippen LogP contribution is -2.20. The number of hydrogen-bond donors (Lipinski definition) is 0. The summed E-state index contributed by atoms with van der Waals surface area (Å²) in [6.45, 7) is 7.75. The van der Waals surface area contributed by atoms with Gasteiger partial charge in [0.05, 0.1) is 6.10 Å². The molecule has 1 aliphatic heterocycles. The molecule has 0 amide bonds. The molecule has 74 valence electrons. The third kappa shape index (κ3) is 3.31. The first-order valence-electron chi connectivity index (χ1n) is 4.92. The van der Waals surface area contributed by atoms with Crippen LogP contribution in [0.4, 0.5) is 0 Å². The van der Waals surface area contributed by atoms with Crippen molar-refractivity contribution in [2.45, 2.75) is 51.7 Å². The maximum absolute atomic E-state index is 11.5. The predicted octanol–water partition coefficient (Wildman–Crippen LogP) is 2.48. The highest BCUT2D eigenvalue weighted by Gasteiger charge is 2.27. The maximum Gasteiger partial charge on any atom is 0.161 e. The van der Waals surface area contributed by atoms with Crippen molar-refractivity contribution in [3.63, 3.8) is 0 Å². The molecule has 2 heteroatoms. The Morgan fingerprint density at radius 1 is 1.46 bits per heavy atom. The minimum Gasteiger partial charge on any atom is -0.368 e. The lowest BCUT2D eigenvalue weighted by atomic mass is 10.0. The van der Waals surface area contributed by atoms with Crippen LogP contribution in [-0.2, 0) is 9.53 Å². The molecule has 0 aromatic heterocycles. The minimum absolute atomic E-state index is 0.130. The summed E-state index contributed by atoms with van der Waals surface area (Å²) in [6, 6.07) is 0. The Bertz CT molecular complexity index is 208. The molecule has 0 N–H and O–H groups in total. The lowest BCUT2D eigenvalue weighted by Gasteiger charge is -2.09. The van der Waals surface area contributed by atoms with Crippen molar-refractivity contribution in [2.24, 2.45) is 0 Å². The van der Waals surface area contributed by atoms with Crippen LogP contribution in [-0.4, -0.2) is 18.0 Å². The average Bonchev–Trinajstić information content (AvgIpc) is 2.47. The van der Waals surface area contributed by atoms with Crippen molar-refractivity contribution in [1.82, 2.24) is 0 Å². The quantitative estimate of drug-likeness (QED) is 0.624. The van der Waals surface area contributed by atoms with E-state index in [4.69, 9.17) is 4.74 Å². The molecular weight excluding hydrogens is 164 g/mol. The van der Waals surface area contributed by atoms with E-state index in [0.29, 0.717) is 6.42 Å². The molecule has 0 aromatic carbocycles. The highest BCUT2D eigenvalue weighted by Crippen LogP contribution is 2.21. The highest BCUT2D eigenvalue weighted by atomic mass is 16.5. The molecule has 1 saturated heterocycles. The molecular formula is C11H18O2. The van der Waals surface area contributed by atoms with Gasteiger partial charge in [-0.1, -0.05) is 5.57 Å². The third-order valence-electron chi connectivity index (χ3n) is 2.39. The maximum atomic E-state index is 11.5. The molecule has 0 saturated carbocycles. The summed E-state index contributed by atoms with van der Waals surface area (Å²) >= 11 is 0. The monoisotopic (exact) mass is 182 g/mol. The first kappa shape index (κ1) is 10.5. The Hall–Kier alpha value is -0.630. The Kier molecular flexibility index (Phi) is 3.67. The van der Waals surface area contributed by atoms with E-state index in [-0.39, 0.29) is 18.0 Å². The second-order valence-electron chi connectivity index (χ2n) is 3.94. The molecule has 1 heterocycles. The average molecular weight is 182 g/mol. The van der Waals surface area contributed by atoms with Crippen LogP contribution in [0.3, 0.4) is 0 Å². The Morgan fingerprint density at radius 3 is 2.62 bits per heavy atom. The number of carbonyl (C=O) groups excluding carboxylic acids is 1. The smallest absolute Gasteiger partial charge is 0.161 e. The second-order valence-corrected chi connectivity index (χ2v) is 3.94. The number of ether oxygens (including phenoxy) is 1. The Labute approximate surface area is 80.0 Å². The zero-order valence-electron chi connectivity index (χ0n) is 8.51. The second kappa shape index (κ2) is 4.56. The van der Waals surface area contributed by atoms with Crippen LogP contribution in [0.5, 0.6) is 0 Å². The van der Waals surface area contributed by atoms with Gasteiger partial charge in [0.15, 0.2) is 5.78 Å². The van der Waals surface area contributed by atoms with Crippen LogP contribution in [0.25, 0.3) is 0 Å². The van der Waals surface area contributed by atoms with Gasteiger partial charge in [-0.3, -0.25) is 4.79 Å². The third-order valence-corrected chi connectivity index (χ3v) is 2.39. The number of carbonyl (C=O) groups is 1. The van der Waals surface area contributed by atoms with Crippen molar-refractivity contribution >= 4 is 5.78 Å². The van der Waals surface area contributed by atoms with Gasteiger partial charge in [-0.25, -0.2) is 0 Å². The van der Waals surface area contributed by atoms with Gasteiger partial charge < -0.3 is 4.74 Å². The van der Waals surface area contributed by atoms with Crippen molar-refractivity contribution in [2.75, 3.05) is 0 Å². The van der Waals surface area contributed by atoms with E-state index in [1.165, 1.54) is 0 Å². The summed E-state index contributed by atoms with van der Waals surface area (Å²) in [7, 11) is 0. The van der Waals surface area contributed by atoms with Gasteiger partial charge in [-0.2, -0.15) is 0 Å². The topological polar surface area (TPSA) is 26.3 Å². The molecule has 0 spiro atoms. The summed E-state index contributed by atoms with van der Waals surface area (Å²) in [4.78, 5) is 11.5. The highest BCUT2D eigenvalue weighted by molar-refractivity contribution is 5.83. The van der Waals surface area contributed by atoms with Crippen molar-refractivity contribution in [3.8, 4) is 0 Å². The van der Waals surface area contributed by atoms with E-state index in [9.17, 15) is 4.79 Å². The molecule has 0 aliphatic carbocycles. The summed E-state index contributed by atoms with van der Waals surface area (Å²) in [6.07, 6.45) is 3.44. The number of hydrogen-bond acceptors (Lipinski definition) is 2. The van der Waals surface area contributed by atoms with E-state index in [0.717, 1.165) is 24.8 Å². The Balaban J connectivity index is 2.27. The van der Waals surface area contributed by atoms with Crippen molar-refractivity contribution in [3.05, 3.63) is 12.2 Å². The number of ketones is 1. The summed E-state index contributed by atoms with van der Waals surface area (Å²) in [5.41, 5.74) is 1.07. The summed E-state index contributed by atoms with van der Waals surface area (Å²) < 4.78 is 5.48. The van der Waals surface area contributed by atoms with Gasteiger partial charge >= 0.3 is 0 Å². The standard InChI is InChI=1S/C11H18O2/c1-8(2)4-6-10(12)11-7-5-9(3)13-11/h9,11H,1,4-7H2,2-3H3. The molecule has 2 atom stereocenters. The molecule has 0 radical (unpaired) electrons. The molecule has 2 unspecified atom stereocenters. The normalized spacial score (nSPS) is 27.5. The first-order valence-corrected chi connectivity index (χ1v) is 4.92. The van der Waals surface area contributed by atoms with E-state index in [2.05, 4.69) is 6.58 Å². The molecule has 13 heavy (non-hydrogen) atoms. The van der Waals surface area contributed by atoms with Gasteiger partial charge in [-0.15, -0.1) is 6.58 Å². The number of Topliss-reactive ketones (excluding diaryl/α,β-unsaturated/α-hetero) is 1. The Morgan fingerprint density at radius 2 is 2.15 bits per heavy atom. The van der Waals surface area contributed by atoms with Crippen molar-refractivity contribution in [1.29, 1.82) is 0 Å². The van der Waals surface area contributed by atoms with Gasteiger partial charge in [-0.05, 0) is 33.1 Å². The fourth-order valence-electron chi connectivity index (χ4n) is 1.54. The van der Waals surface area contributed by atoms with Gasteiger partial charge in [0, 0.05) is 6.42 Å². The van der Waals surface area contributed by atoms with E-state index in [1.54, 1.807) is 0 Å². The summed E-state index contributed by atoms with van der Waals surface area (Å²) in [5.74, 6) is 0.243. The van der Waals surface area contributed by atoms with E-state index < -0.39 is 0 Å². The number of allylic oxidation sites excluding steroid dienone is 1. The van der Waals surface area contributed by atoms with Gasteiger partial charge in [0.2, 0.25) is 0 Å². The largest absolute Gasteiger partial charge is 0.368 e. The molecule has 0 bridgehead atoms. The van der Waals surface area contributed by atoms with Crippen LogP contribution in [0.2, 0.25) is 0 Å². The SMILES string of the molecule is C=C(C)CCC(=O)C1CCC(C)O1. The van der Waals surface area contributed by atoms with Crippen LogP contribution in [0.15, 0.2) is 12.2 Å². The lowest BCUT2D eigenvalue weighted by molar-refractivity contribution is -0.129. The predicted molar refractivity (Wildman–Crippen MR) is 52.6 cm³/mol. The van der Waals surface area contributed by atoms with Crippen LogP contribution >= 0.6 is 0 Å². The van der Waals surface area contributed by atoms with Crippen molar-refractivity contribution < 1.29 is 9.53 Å². The van der Waals surface area contributed by atoms with Gasteiger partial charge in [0.1, 0.15) is 6.10 Å². The number of rotatable bonds is 4. The molecule has 2 nitrogen and oxygen atoms in total. The van der Waals surface area contributed by atoms with Gasteiger partial charge in [0.25, 0.3) is 0 Å². The van der Waals surface area contributed by atoms with Crippen LogP contribution < -0.4 is 0 Å². The fraction of sp³-hybridized carbons (Fsp3) is 0.727. The minimum atomic E-state index is -0.130. The first-order chi connectivity index (χ1) is 6.09. The molecule has 0 aromatic rings.